The van der Waals surface area contributed by atoms with Crippen molar-refractivity contribution < 1.29 is 9.53 Å². The van der Waals surface area contributed by atoms with Gasteiger partial charge in [-0.1, -0.05) is 13.8 Å². The Morgan fingerprint density at radius 3 is 2.71 bits per heavy atom. The second-order valence-corrected chi connectivity index (χ2v) is 3.72. The average Bonchev–Trinajstić information content (AvgIpc) is 2.12. The minimum Gasteiger partial charge on any atom is -0.465 e. The van der Waals surface area contributed by atoms with Crippen LogP contribution < -0.4 is 5.73 Å². The Bertz CT molecular complexity index is 206. The van der Waals surface area contributed by atoms with E-state index in [1.807, 2.05) is 0 Å². The monoisotopic (exact) mass is 197 g/mol. The summed E-state index contributed by atoms with van der Waals surface area (Å²) in [4.78, 5) is 11.1. The van der Waals surface area contributed by atoms with Gasteiger partial charge in [-0.2, -0.15) is 0 Å². The van der Waals surface area contributed by atoms with E-state index in [-0.39, 0.29) is 6.42 Å². The summed E-state index contributed by atoms with van der Waals surface area (Å²) in [7, 11) is 0. The predicted molar refractivity (Wildman–Crippen MR) is 56.5 cm³/mol. The first-order chi connectivity index (χ1) is 6.57. The number of esters is 1. The molecule has 3 nitrogen and oxygen atoms in total. The van der Waals surface area contributed by atoms with E-state index in [4.69, 9.17) is 16.9 Å². The molecule has 0 aliphatic heterocycles. The number of nitrogens with two attached hydrogens (primary N) is 1. The fourth-order valence-corrected chi connectivity index (χ4v) is 0.982. The van der Waals surface area contributed by atoms with Gasteiger partial charge in [0.15, 0.2) is 0 Å². The summed E-state index contributed by atoms with van der Waals surface area (Å²) in [5.74, 6) is 2.57. The van der Waals surface area contributed by atoms with Gasteiger partial charge in [0.25, 0.3) is 0 Å². The zero-order valence-electron chi connectivity index (χ0n) is 8.95. The maximum Gasteiger partial charge on any atom is 0.323 e. The van der Waals surface area contributed by atoms with Crippen LogP contribution in [0.25, 0.3) is 0 Å². The molecule has 1 atom stereocenters. The molecule has 0 aromatic rings. The van der Waals surface area contributed by atoms with Crippen molar-refractivity contribution in [2.45, 2.75) is 39.2 Å². The van der Waals surface area contributed by atoms with Gasteiger partial charge in [0.05, 0.1) is 6.61 Å². The molecule has 0 aromatic carbocycles. The van der Waals surface area contributed by atoms with Crippen molar-refractivity contribution in [1.29, 1.82) is 0 Å². The molecular formula is C11H19NO2. The highest BCUT2D eigenvalue weighted by molar-refractivity contribution is 5.75. The maximum absolute atomic E-state index is 11.1. The van der Waals surface area contributed by atoms with Crippen molar-refractivity contribution in [3.8, 4) is 12.3 Å². The molecule has 0 fully saturated rings. The molecule has 0 bridgehead atoms. The predicted octanol–water partition coefficient (Wildman–Crippen LogP) is 1.32. The lowest BCUT2D eigenvalue weighted by Gasteiger charge is -2.09. The highest BCUT2D eigenvalue weighted by Crippen LogP contribution is 2.03. The van der Waals surface area contributed by atoms with Crippen LogP contribution in [-0.2, 0) is 9.53 Å². The van der Waals surface area contributed by atoms with E-state index in [9.17, 15) is 4.79 Å². The summed E-state index contributed by atoms with van der Waals surface area (Å²) in [5, 5.41) is 0. The normalized spacial score (nSPS) is 12.2. The third-order valence-electron chi connectivity index (χ3n) is 1.81. The Balaban J connectivity index is 3.50. The molecule has 0 heterocycles. The number of ether oxygens (including phenoxy) is 1. The lowest BCUT2D eigenvalue weighted by atomic mass is 10.1. The Hall–Kier alpha value is -1.01. The summed E-state index contributed by atoms with van der Waals surface area (Å²) in [6.45, 7) is 4.70. The highest BCUT2D eigenvalue weighted by atomic mass is 16.5. The summed E-state index contributed by atoms with van der Waals surface area (Å²) < 4.78 is 4.95. The SMILES string of the molecule is C#CCC(N)C(=O)OCCCC(C)C. The first kappa shape index (κ1) is 13.0. The van der Waals surface area contributed by atoms with Crippen molar-refractivity contribution in [3.63, 3.8) is 0 Å². The quantitative estimate of drug-likeness (QED) is 0.397. The Labute approximate surface area is 86.0 Å². The standard InChI is InChI=1S/C11H19NO2/c1-4-6-10(12)11(13)14-8-5-7-9(2)3/h1,9-10H,5-8,12H2,2-3H3. The average molecular weight is 197 g/mol. The van der Waals surface area contributed by atoms with Crippen molar-refractivity contribution in [2.75, 3.05) is 6.61 Å². The lowest BCUT2D eigenvalue weighted by molar-refractivity contribution is -0.145. The smallest absolute Gasteiger partial charge is 0.323 e. The molecule has 1 unspecified atom stereocenters. The molecule has 14 heavy (non-hydrogen) atoms. The molecule has 2 N–H and O–H groups in total. The minimum atomic E-state index is -0.668. The van der Waals surface area contributed by atoms with Crippen molar-refractivity contribution in [3.05, 3.63) is 0 Å². The van der Waals surface area contributed by atoms with Gasteiger partial charge in [-0.05, 0) is 18.8 Å². The highest BCUT2D eigenvalue weighted by Gasteiger charge is 2.12. The molecule has 0 aromatic heterocycles. The van der Waals surface area contributed by atoms with Gasteiger partial charge in [-0.15, -0.1) is 12.3 Å². The molecule has 0 spiro atoms. The van der Waals surface area contributed by atoms with Gasteiger partial charge in [0.1, 0.15) is 6.04 Å². The Morgan fingerprint density at radius 2 is 2.21 bits per heavy atom. The molecule has 0 radical (unpaired) electrons. The largest absolute Gasteiger partial charge is 0.465 e. The Morgan fingerprint density at radius 1 is 1.57 bits per heavy atom. The molecule has 3 heteroatoms. The van der Waals surface area contributed by atoms with Crippen LogP contribution in [-0.4, -0.2) is 18.6 Å². The van der Waals surface area contributed by atoms with E-state index in [2.05, 4.69) is 19.8 Å². The van der Waals surface area contributed by atoms with Gasteiger partial charge >= 0.3 is 5.97 Å². The fraction of sp³-hybridized carbons (Fsp3) is 0.727. The number of rotatable bonds is 6. The van der Waals surface area contributed by atoms with E-state index in [0.29, 0.717) is 12.5 Å². The maximum atomic E-state index is 11.1. The van der Waals surface area contributed by atoms with Crippen LogP contribution in [0.3, 0.4) is 0 Å². The Kier molecular flexibility index (Phi) is 6.87. The molecule has 0 aliphatic carbocycles. The molecule has 0 rings (SSSR count). The summed E-state index contributed by atoms with van der Waals surface area (Å²) >= 11 is 0. The van der Waals surface area contributed by atoms with E-state index >= 15 is 0 Å². The molecule has 0 saturated heterocycles. The van der Waals surface area contributed by atoms with Crippen molar-refractivity contribution in [2.24, 2.45) is 11.7 Å². The van der Waals surface area contributed by atoms with Crippen LogP contribution in [0.5, 0.6) is 0 Å². The van der Waals surface area contributed by atoms with Crippen molar-refractivity contribution >= 4 is 5.97 Å². The van der Waals surface area contributed by atoms with Gasteiger partial charge in [0.2, 0.25) is 0 Å². The number of terminal acetylenes is 1. The van der Waals surface area contributed by atoms with E-state index in [1.165, 1.54) is 0 Å². The lowest BCUT2D eigenvalue weighted by Crippen LogP contribution is -2.32. The second kappa shape index (κ2) is 7.40. The van der Waals surface area contributed by atoms with E-state index < -0.39 is 12.0 Å². The van der Waals surface area contributed by atoms with Gasteiger partial charge in [-0.3, -0.25) is 4.79 Å². The summed E-state index contributed by atoms with van der Waals surface area (Å²) in [6, 6.07) is -0.668. The van der Waals surface area contributed by atoms with Gasteiger partial charge < -0.3 is 10.5 Å². The van der Waals surface area contributed by atoms with Crippen LogP contribution in [0.1, 0.15) is 33.1 Å². The van der Waals surface area contributed by atoms with E-state index in [1.54, 1.807) is 0 Å². The van der Waals surface area contributed by atoms with E-state index in [0.717, 1.165) is 12.8 Å². The third kappa shape index (κ3) is 6.50. The van der Waals surface area contributed by atoms with Crippen molar-refractivity contribution in [1.82, 2.24) is 0 Å². The number of hydrogen-bond donors (Lipinski definition) is 1. The van der Waals surface area contributed by atoms with Crippen LogP contribution in [0.4, 0.5) is 0 Å². The third-order valence-corrected chi connectivity index (χ3v) is 1.81. The molecular weight excluding hydrogens is 178 g/mol. The first-order valence-electron chi connectivity index (χ1n) is 4.93. The topological polar surface area (TPSA) is 52.3 Å². The zero-order valence-corrected chi connectivity index (χ0v) is 8.95. The minimum absolute atomic E-state index is 0.239. The number of carbonyl (C=O) groups excluding carboxylic acids is 1. The molecule has 0 amide bonds. The molecule has 80 valence electrons. The van der Waals surface area contributed by atoms with Gasteiger partial charge in [-0.25, -0.2) is 0 Å². The van der Waals surface area contributed by atoms with Crippen LogP contribution in [0.15, 0.2) is 0 Å². The fourth-order valence-electron chi connectivity index (χ4n) is 0.982. The number of carbonyl (C=O) groups is 1. The summed E-state index contributed by atoms with van der Waals surface area (Å²) in [5.41, 5.74) is 5.45. The first-order valence-corrected chi connectivity index (χ1v) is 4.93. The molecule has 0 saturated carbocycles. The van der Waals surface area contributed by atoms with Crippen LogP contribution >= 0.6 is 0 Å². The summed E-state index contributed by atoms with van der Waals surface area (Å²) in [6.07, 6.45) is 7.20. The van der Waals surface area contributed by atoms with Gasteiger partial charge in [0, 0.05) is 6.42 Å². The number of hydrogen-bond acceptors (Lipinski definition) is 3. The van der Waals surface area contributed by atoms with Crippen LogP contribution in [0.2, 0.25) is 0 Å². The molecule has 0 aliphatic rings. The van der Waals surface area contributed by atoms with Crippen LogP contribution in [0, 0.1) is 18.3 Å². The second-order valence-electron chi connectivity index (χ2n) is 3.72. The zero-order chi connectivity index (χ0) is 11.0.